The molecule has 0 radical (unpaired) electrons. The Morgan fingerprint density at radius 2 is 1.83 bits per heavy atom. The fraction of sp³-hybridized carbons (Fsp3) is 0.417. The van der Waals surface area contributed by atoms with Crippen molar-refractivity contribution in [3.63, 3.8) is 0 Å². The zero-order valence-electron chi connectivity index (χ0n) is 17.1. The molecule has 0 saturated heterocycles. The Morgan fingerprint density at radius 3 is 2.48 bits per heavy atom. The summed E-state index contributed by atoms with van der Waals surface area (Å²) >= 11 is 0. The van der Waals surface area contributed by atoms with Crippen molar-refractivity contribution in [1.29, 1.82) is 0 Å². The predicted molar refractivity (Wildman–Crippen MR) is 114 cm³/mol. The highest BCUT2D eigenvalue weighted by atomic mass is 16.5. The molecule has 1 aliphatic heterocycles. The lowest BCUT2D eigenvalue weighted by Crippen LogP contribution is -2.14. The second-order valence-electron chi connectivity index (χ2n) is 7.86. The first kappa shape index (κ1) is 19.5. The molecule has 2 aromatic rings. The van der Waals surface area contributed by atoms with Crippen molar-refractivity contribution in [3.05, 3.63) is 59.7 Å². The van der Waals surface area contributed by atoms with Gasteiger partial charge in [0.15, 0.2) is 11.5 Å². The lowest BCUT2D eigenvalue weighted by Gasteiger charge is -2.21. The van der Waals surface area contributed by atoms with Crippen LogP contribution >= 0.6 is 0 Å². The summed E-state index contributed by atoms with van der Waals surface area (Å²) in [6, 6.07) is 16.6. The number of ether oxygens (including phenoxy) is 2. The van der Waals surface area contributed by atoms with E-state index in [0.717, 1.165) is 35.6 Å². The molecule has 1 fully saturated rings. The van der Waals surface area contributed by atoms with Crippen LogP contribution in [0.25, 0.3) is 0 Å². The van der Waals surface area contributed by atoms with E-state index in [-0.39, 0.29) is 17.9 Å². The molecule has 0 spiro atoms. The molecule has 1 atom stereocenters. The van der Waals surface area contributed by atoms with Gasteiger partial charge in [-0.2, -0.15) is 5.10 Å². The minimum atomic E-state index is 0.0480. The highest BCUT2D eigenvalue weighted by Crippen LogP contribution is 2.37. The summed E-state index contributed by atoms with van der Waals surface area (Å²) in [6.07, 6.45) is 6.00. The zero-order valence-corrected chi connectivity index (χ0v) is 17.1. The molecule has 5 heteroatoms. The van der Waals surface area contributed by atoms with E-state index < -0.39 is 0 Å². The highest BCUT2D eigenvalue weighted by molar-refractivity contribution is 6.05. The minimum absolute atomic E-state index is 0.0480. The van der Waals surface area contributed by atoms with Gasteiger partial charge in [0.05, 0.1) is 19.6 Å². The van der Waals surface area contributed by atoms with E-state index in [4.69, 9.17) is 9.47 Å². The largest absolute Gasteiger partial charge is 0.493 e. The summed E-state index contributed by atoms with van der Waals surface area (Å²) in [5.74, 6) is 1.72. The van der Waals surface area contributed by atoms with Gasteiger partial charge in [0.25, 0.3) is 0 Å². The van der Waals surface area contributed by atoms with Crippen LogP contribution in [0.4, 0.5) is 0 Å². The molecule has 1 saturated carbocycles. The lowest BCUT2D eigenvalue weighted by molar-refractivity contribution is -0.127. The van der Waals surface area contributed by atoms with Crippen molar-refractivity contribution in [3.8, 4) is 11.5 Å². The van der Waals surface area contributed by atoms with Crippen molar-refractivity contribution in [2.75, 3.05) is 14.2 Å². The number of amides is 1. The Balaban J connectivity index is 1.66. The van der Waals surface area contributed by atoms with Crippen LogP contribution in [0.2, 0.25) is 0 Å². The third kappa shape index (κ3) is 4.44. The Bertz CT molecular complexity index is 888. The summed E-state index contributed by atoms with van der Waals surface area (Å²) in [6.45, 7) is 0. The second kappa shape index (κ2) is 8.68. The number of benzene rings is 2. The summed E-state index contributed by atoms with van der Waals surface area (Å²) in [7, 11) is 3.40. The smallest absolute Gasteiger partial charge is 0.248 e. The predicted octanol–water partition coefficient (Wildman–Crippen LogP) is 4.76. The van der Waals surface area contributed by atoms with Gasteiger partial charge in [-0.25, -0.2) is 5.01 Å². The van der Waals surface area contributed by atoms with Crippen molar-refractivity contribution >= 4 is 11.6 Å². The van der Waals surface area contributed by atoms with E-state index in [2.05, 4.69) is 41.5 Å². The molecule has 1 unspecified atom stereocenters. The molecule has 29 heavy (non-hydrogen) atoms. The third-order valence-electron chi connectivity index (χ3n) is 5.84. The average Bonchev–Trinajstić information content (AvgIpc) is 3.36. The number of rotatable bonds is 7. The zero-order chi connectivity index (χ0) is 20.2. The fourth-order valence-electron chi connectivity index (χ4n) is 4.24. The first-order valence-electron chi connectivity index (χ1n) is 10.4. The molecule has 2 aromatic carbocycles. The molecular formula is C24H28N2O3. The Morgan fingerprint density at radius 1 is 1.07 bits per heavy atom. The van der Waals surface area contributed by atoms with Crippen LogP contribution in [0, 0.1) is 0 Å². The maximum atomic E-state index is 11.9. The molecule has 152 valence electrons. The Labute approximate surface area is 172 Å². The molecule has 4 rings (SSSR count). The van der Waals surface area contributed by atoms with E-state index in [1.165, 1.54) is 23.4 Å². The van der Waals surface area contributed by atoms with Crippen LogP contribution in [0.3, 0.4) is 0 Å². The van der Waals surface area contributed by atoms with Crippen LogP contribution in [0.1, 0.15) is 55.6 Å². The number of hydrogen-bond acceptors (Lipinski definition) is 4. The van der Waals surface area contributed by atoms with E-state index in [9.17, 15) is 4.79 Å². The van der Waals surface area contributed by atoms with Crippen molar-refractivity contribution < 1.29 is 14.3 Å². The van der Waals surface area contributed by atoms with Crippen LogP contribution in [0.5, 0.6) is 11.5 Å². The Hall–Kier alpha value is -2.82. The Kier molecular flexibility index (Phi) is 5.84. The maximum Gasteiger partial charge on any atom is 0.248 e. The van der Waals surface area contributed by atoms with E-state index in [1.54, 1.807) is 14.2 Å². The fourth-order valence-corrected chi connectivity index (χ4v) is 4.24. The summed E-state index contributed by atoms with van der Waals surface area (Å²) in [5, 5.41) is 5.89. The quantitative estimate of drug-likeness (QED) is 0.683. The second-order valence-corrected chi connectivity index (χ2v) is 7.86. The van der Waals surface area contributed by atoms with Crippen LogP contribution in [0.15, 0.2) is 53.6 Å². The number of carbonyl (C=O) groups is 1. The number of hydrogen-bond donors (Lipinski definition) is 0. The standard InChI is InChI=1S/C24H28N2O3/c1-26-24(27)16-19(25-26)15-21(17-8-4-3-5-9-17)18-12-13-22(28-2)23(14-18)29-20-10-6-7-11-20/h3-5,8-9,12-14,20-21H,6-7,10-11,15-16H2,1-2H3. The molecule has 0 bridgehead atoms. The normalized spacial score (nSPS) is 18.1. The van der Waals surface area contributed by atoms with Crippen molar-refractivity contribution in [1.82, 2.24) is 5.01 Å². The van der Waals surface area contributed by atoms with Gasteiger partial charge in [0.1, 0.15) is 0 Å². The first-order valence-corrected chi connectivity index (χ1v) is 10.4. The monoisotopic (exact) mass is 392 g/mol. The van der Waals surface area contributed by atoms with Gasteiger partial charge in [-0.3, -0.25) is 4.79 Å². The summed E-state index contributed by atoms with van der Waals surface area (Å²) < 4.78 is 11.9. The van der Waals surface area contributed by atoms with E-state index >= 15 is 0 Å². The van der Waals surface area contributed by atoms with Crippen molar-refractivity contribution in [2.24, 2.45) is 5.10 Å². The topological polar surface area (TPSA) is 51.1 Å². The average molecular weight is 392 g/mol. The summed E-state index contributed by atoms with van der Waals surface area (Å²) in [4.78, 5) is 11.9. The number of carbonyl (C=O) groups excluding carboxylic acids is 1. The molecular weight excluding hydrogens is 364 g/mol. The van der Waals surface area contributed by atoms with Crippen LogP contribution in [-0.4, -0.2) is 36.9 Å². The van der Waals surface area contributed by atoms with Gasteiger partial charge >= 0.3 is 0 Å². The third-order valence-corrected chi connectivity index (χ3v) is 5.84. The van der Waals surface area contributed by atoms with Gasteiger partial charge in [-0.1, -0.05) is 36.4 Å². The number of nitrogens with zero attached hydrogens (tertiary/aromatic N) is 2. The van der Waals surface area contributed by atoms with Crippen LogP contribution < -0.4 is 9.47 Å². The molecule has 1 amide bonds. The first-order chi connectivity index (χ1) is 14.1. The van der Waals surface area contributed by atoms with Crippen LogP contribution in [-0.2, 0) is 4.79 Å². The van der Waals surface area contributed by atoms with Gasteiger partial charge in [0.2, 0.25) is 5.91 Å². The SMILES string of the molecule is COc1ccc(C(CC2=NN(C)C(=O)C2)c2ccccc2)cc1OC1CCCC1. The molecule has 5 nitrogen and oxygen atoms in total. The molecule has 0 aromatic heterocycles. The maximum absolute atomic E-state index is 11.9. The van der Waals surface area contributed by atoms with Gasteiger partial charge in [0, 0.05) is 18.7 Å². The number of hydrazone groups is 1. The van der Waals surface area contributed by atoms with Crippen molar-refractivity contribution in [2.45, 2.75) is 50.5 Å². The molecule has 1 aliphatic carbocycles. The number of methoxy groups -OCH3 is 1. The van der Waals surface area contributed by atoms with E-state index in [0.29, 0.717) is 12.8 Å². The molecule has 2 aliphatic rings. The van der Waals surface area contributed by atoms with Gasteiger partial charge in [-0.15, -0.1) is 0 Å². The van der Waals surface area contributed by atoms with Gasteiger partial charge in [-0.05, 0) is 55.4 Å². The lowest BCUT2D eigenvalue weighted by atomic mass is 9.86. The summed E-state index contributed by atoms with van der Waals surface area (Å²) in [5.41, 5.74) is 3.27. The molecule has 1 heterocycles. The van der Waals surface area contributed by atoms with E-state index in [1.807, 2.05) is 12.1 Å². The van der Waals surface area contributed by atoms with Gasteiger partial charge < -0.3 is 9.47 Å². The highest BCUT2D eigenvalue weighted by Gasteiger charge is 2.26. The molecule has 0 N–H and O–H groups in total. The minimum Gasteiger partial charge on any atom is -0.493 e.